The van der Waals surface area contributed by atoms with Gasteiger partial charge >= 0.3 is 0 Å². The second kappa shape index (κ2) is 4.73. The van der Waals surface area contributed by atoms with Crippen LogP contribution < -0.4 is 5.32 Å². The van der Waals surface area contributed by atoms with Gasteiger partial charge in [0.2, 0.25) is 0 Å². The number of hydrogen-bond acceptors (Lipinski definition) is 5. The maximum atomic E-state index is 4.71. The molecule has 1 aliphatic carbocycles. The zero-order valence-electron chi connectivity index (χ0n) is 10.2. The number of aryl methyl sites for hydroxylation is 1. The quantitative estimate of drug-likeness (QED) is 0.839. The normalized spacial score (nSPS) is 14.8. The highest BCUT2D eigenvalue weighted by Crippen LogP contribution is 2.42. The van der Waals surface area contributed by atoms with E-state index in [0.29, 0.717) is 5.92 Å². The van der Waals surface area contributed by atoms with Gasteiger partial charge in [-0.1, -0.05) is 0 Å². The third-order valence-corrected chi connectivity index (χ3v) is 4.76. The third-order valence-electron chi connectivity index (χ3n) is 2.93. The second-order valence-corrected chi connectivity index (χ2v) is 6.51. The lowest BCUT2D eigenvalue weighted by Gasteiger charge is -2.09. The van der Waals surface area contributed by atoms with Crippen molar-refractivity contribution in [3.63, 3.8) is 0 Å². The van der Waals surface area contributed by atoms with Crippen LogP contribution in [0.2, 0.25) is 0 Å². The first kappa shape index (κ1) is 12.3. The topological polar surface area (TPSA) is 50.7 Å². The number of nitrogens with zero attached hydrogens (tertiary/aromatic N) is 3. The summed E-state index contributed by atoms with van der Waals surface area (Å²) >= 11 is 3.97. The van der Waals surface area contributed by atoms with E-state index in [1.807, 2.05) is 19.4 Å². The van der Waals surface area contributed by atoms with Crippen LogP contribution in [0.5, 0.6) is 0 Å². The molecule has 0 aromatic carbocycles. The molecular weight excluding hydrogens is 359 g/mol. The highest BCUT2D eigenvalue weighted by molar-refractivity contribution is 14.1. The number of aromatic nitrogens is 3. The molecule has 4 nitrogen and oxygen atoms in total. The van der Waals surface area contributed by atoms with E-state index in [0.717, 1.165) is 25.9 Å². The minimum Gasteiger partial charge on any atom is -0.372 e. The van der Waals surface area contributed by atoms with Gasteiger partial charge in [-0.05, 0) is 42.4 Å². The molecule has 0 saturated heterocycles. The number of halogens is 1. The average molecular weight is 372 g/mol. The lowest BCUT2D eigenvalue weighted by Crippen LogP contribution is -2.04. The van der Waals surface area contributed by atoms with Crippen molar-refractivity contribution >= 4 is 39.7 Å². The first-order chi connectivity index (χ1) is 8.69. The Balaban J connectivity index is 2.12. The maximum absolute atomic E-state index is 4.71. The van der Waals surface area contributed by atoms with E-state index in [4.69, 9.17) is 4.98 Å². The van der Waals surface area contributed by atoms with Crippen LogP contribution in [0.4, 0.5) is 5.82 Å². The minimum atomic E-state index is 0.616. The van der Waals surface area contributed by atoms with Gasteiger partial charge in [-0.25, -0.2) is 15.0 Å². The highest BCUT2D eigenvalue weighted by atomic mass is 127. The van der Waals surface area contributed by atoms with E-state index in [1.165, 1.54) is 18.5 Å². The van der Waals surface area contributed by atoms with Gasteiger partial charge in [0.25, 0.3) is 0 Å². The molecule has 0 amide bonds. The van der Waals surface area contributed by atoms with E-state index < -0.39 is 0 Å². The molecule has 6 heteroatoms. The fourth-order valence-corrected chi connectivity index (χ4v) is 3.38. The molecule has 1 saturated carbocycles. The molecule has 1 fully saturated rings. The minimum absolute atomic E-state index is 0.616. The predicted octanol–water partition coefficient (Wildman–Crippen LogP) is 3.43. The standard InChI is InChI=1S/C12H13IN4S/c1-6-15-8(5-18-6)11-16-10(7-3-4-7)9(13)12(14-2)17-11/h5,7H,3-4H2,1-2H3,(H,14,16,17). The Labute approximate surface area is 123 Å². The molecule has 0 spiro atoms. The summed E-state index contributed by atoms with van der Waals surface area (Å²) in [5.41, 5.74) is 2.06. The monoisotopic (exact) mass is 372 g/mol. The number of thiazole rings is 1. The van der Waals surface area contributed by atoms with Crippen LogP contribution in [0.3, 0.4) is 0 Å². The predicted molar refractivity (Wildman–Crippen MR) is 82.1 cm³/mol. The Morgan fingerprint density at radius 3 is 2.67 bits per heavy atom. The number of hydrogen-bond donors (Lipinski definition) is 1. The summed E-state index contributed by atoms with van der Waals surface area (Å²) in [5, 5.41) is 6.22. The number of anilines is 1. The highest BCUT2D eigenvalue weighted by Gasteiger charge is 2.29. The molecule has 0 atom stereocenters. The van der Waals surface area contributed by atoms with Crippen molar-refractivity contribution in [2.24, 2.45) is 0 Å². The summed E-state index contributed by atoms with van der Waals surface area (Å²) < 4.78 is 1.15. The van der Waals surface area contributed by atoms with Gasteiger partial charge in [-0.15, -0.1) is 11.3 Å². The number of nitrogens with one attached hydrogen (secondary N) is 1. The molecule has 2 heterocycles. The molecule has 94 valence electrons. The average Bonchev–Trinajstić information content (AvgIpc) is 3.12. The summed E-state index contributed by atoms with van der Waals surface area (Å²) in [7, 11) is 1.90. The molecule has 0 bridgehead atoms. The molecule has 0 unspecified atom stereocenters. The van der Waals surface area contributed by atoms with Gasteiger partial charge in [0.1, 0.15) is 11.5 Å². The first-order valence-corrected chi connectivity index (χ1v) is 7.82. The Morgan fingerprint density at radius 2 is 2.11 bits per heavy atom. The molecule has 2 aromatic heterocycles. The van der Waals surface area contributed by atoms with Crippen molar-refractivity contribution in [2.75, 3.05) is 12.4 Å². The van der Waals surface area contributed by atoms with Crippen molar-refractivity contribution in [1.82, 2.24) is 15.0 Å². The van der Waals surface area contributed by atoms with Crippen LogP contribution in [-0.2, 0) is 0 Å². The van der Waals surface area contributed by atoms with Gasteiger partial charge in [0, 0.05) is 18.3 Å². The Kier molecular flexibility index (Phi) is 3.23. The third kappa shape index (κ3) is 2.23. The lowest BCUT2D eigenvalue weighted by molar-refractivity contribution is 0.973. The van der Waals surface area contributed by atoms with Crippen molar-refractivity contribution in [1.29, 1.82) is 0 Å². The SMILES string of the molecule is CNc1nc(-c2csc(C)n2)nc(C2CC2)c1I. The Bertz CT molecular complexity index is 592. The first-order valence-electron chi connectivity index (χ1n) is 5.86. The fourth-order valence-electron chi connectivity index (χ4n) is 1.84. The maximum Gasteiger partial charge on any atom is 0.181 e. The van der Waals surface area contributed by atoms with E-state index in [2.05, 4.69) is 37.9 Å². The van der Waals surface area contributed by atoms with Crippen molar-refractivity contribution < 1.29 is 0 Å². The molecule has 0 aliphatic heterocycles. The molecule has 3 rings (SSSR count). The largest absolute Gasteiger partial charge is 0.372 e. The zero-order chi connectivity index (χ0) is 12.7. The summed E-state index contributed by atoms with van der Waals surface area (Å²) in [6.45, 7) is 2.00. The van der Waals surface area contributed by atoms with Crippen molar-refractivity contribution in [2.45, 2.75) is 25.7 Å². The van der Waals surface area contributed by atoms with Crippen LogP contribution in [0, 0.1) is 10.5 Å². The van der Waals surface area contributed by atoms with Crippen LogP contribution in [0.1, 0.15) is 29.5 Å². The zero-order valence-corrected chi connectivity index (χ0v) is 13.2. The molecule has 18 heavy (non-hydrogen) atoms. The Hall–Kier alpha value is -0.760. The molecular formula is C12H13IN4S. The fraction of sp³-hybridized carbons (Fsp3) is 0.417. The van der Waals surface area contributed by atoms with Crippen LogP contribution in [-0.4, -0.2) is 22.0 Å². The molecule has 2 aromatic rings. The second-order valence-electron chi connectivity index (χ2n) is 4.37. The lowest BCUT2D eigenvalue weighted by atomic mass is 10.2. The van der Waals surface area contributed by atoms with Crippen molar-refractivity contribution in [3.8, 4) is 11.5 Å². The van der Waals surface area contributed by atoms with Crippen LogP contribution in [0.15, 0.2) is 5.38 Å². The van der Waals surface area contributed by atoms with Gasteiger partial charge in [0.15, 0.2) is 5.82 Å². The van der Waals surface area contributed by atoms with Gasteiger partial charge < -0.3 is 5.32 Å². The Morgan fingerprint density at radius 1 is 1.33 bits per heavy atom. The summed E-state index contributed by atoms with van der Waals surface area (Å²) in [6.07, 6.45) is 2.48. The van der Waals surface area contributed by atoms with Gasteiger partial charge in [-0.3, -0.25) is 0 Å². The van der Waals surface area contributed by atoms with E-state index >= 15 is 0 Å². The van der Waals surface area contributed by atoms with Crippen LogP contribution >= 0.6 is 33.9 Å². The molecule has 1 aliphatic rings. The van der Waals surface area contributed by atoms with Crippen molar-refractivity contribution in [3.05, 3.63) is 19.7 Å². The van der Waals surface area contributed by atoms with E-state index in [-0.39, 0.29) is 0 Å². The van der Waals surface area contributed by atoms with E-state index in [1.54, 1.807) is 11.3 Å². The smallest absolute Gasteiger partial charge is 0.181 e. The molecule has 1 N–H and O–H groups in total. The van der Waals surface area contributed by atoms with Gasteiger partial charge in [-0.2, -0.15) is 0 Å². The summed E-state index contributed by atoms with van der Waals surface area (Å²) in [5.74, 6) is 2.27. The summed E-state index contributed by atoms with van der Waals surface area (Å²) in [4.78, 5) is 13.7. The number of rotatable bonds is 3. The van der Waals surface area contributed by atoms with Crippen LogP contribution in [0.25, 0.3) is 11.5 Å². The molecule has 0 radical (unpaired) electrons. The van der Waals surface area contributed by atoms with E-state index in [9.17, 15) is 0 Å². The summed E-state index contributed by atoms with van der Waals surface area (Å²) in [6, 6.07) is 0. The van der Waals surface area contributed by atoms with Gasteiger partial charge in [0.05, 0.1) is 14.3 Å².